The van der Waals surface area contributed by atoms with Gasteiger partial charge in [-0.2, -0.15) is 0 Å². The molecule has 1 aliphatic heterocycles. The van der Waals surface area contributed by atoms with Crippen LogP contribution in [0.5, 0.6) is 0 Å². The molecule has 2 rings (SSSR count). The normalized spacial score (nSPS) is 22.5. The molecular formula is C11H18N2O2. The Morgan fingerprint density at radius 2 is 2.00 bits per heavy atom. The van der Waals surface area contributed by atoms with Gasteiger partial charge in [-0.05, 0) is 12.8 Å². The minimum Gasteiger partial charge on any atom is -0.336 e. The molecule has 1 saturated carbocycles. The fourth-order valence-electron chi connectivity index (χ4n) is 2.01. The number of hydrogen-bond donors (Lipinski definition) is 0. The number of carbonyl (C=O) groups is 2. The van der Waals surface area contributed by atoms with Crippen molar-refractivity contribution in [1.29, 1.82) is 0 Å². The molecule has 0 unspecified atom stereocenters. The highest BCUT2D eigenvalue weighted by Crippen LogP contribution is 2.28. The van der Waals surface area contributed by atoms with Crippen LogP contribution >= 0.6 is 0 Å². The first-order valence-corrected chi connectivity index (χ1v) is 5.68. The van der Waals surface area contributed by atoms with E-state index >= 15 is 0 Å². The van der Waals surface area contributed by atoms with Crippen molar-refractivity contribution in [3.8, 4) is 0 Å². The Labute approximate surface area is 90.2 Å². The van der Waals surface area contributed by atoms with Gasteiger partial charge in [0.1, 0.15) is 0 Å². The summed E-state index contributed by atoms with van der Waals surface area (Å²) in [6.45, 7) is 5.47. The van der Waals surface area contributed by atoms with E-state index in [2.05, 4.69) is 0 Å². The van der Waals surface area contributed by atoms with Crippen LogP contribution in [0, 0.1) is 5.92 Å². The molecule has 2 amide bonds. The monoisotopic (exact) mass is 210 g/mol. The zero-order valence-corrected chi connectivity index (χ0v) is 9.40. The van der Waals surface area contributed by atoms with Gasteiger partial charge in [0.2, 0.25) is 11.8 Å². The van der Waals surface area contributed by atoms with Gasteiger partial charge >= 0.3 is 0 Å². The van der Waals surface area contributed by atoms with Crippen LogP contribution in [-0.4, -0.2) is 47.3 Å². The molecule has 1 saturated heterocycles. The summed E-state index contributed by atoms with van der Waals surface area (Å²) >= 11 is 0. The van der Waals surface area contributed by atoms with Crippen molar-refractivity contribution < 1.29 is 9.59 Å². The van der Waals surface area contributed by atoms with E-state index in [4.69, 9.17) is 0 Å². The molecular weight excluding hydrogens is 192 g/mol. The predicted octanol–water partition coefficient (Wildman–Crippen LogP) is 0.476. The van der Waals surface area contributed by atoms with Crippen LogP contribution in [0.15, 0.2) is 0 Å². The van der Waals surface area contributed by atoms with E-state index in [1.165, 1.54) is 0 Å². The van der Waals surface area contributed by atoms with Crippen LogP contribution in [0.1, 0.15) is 26.7 Å². The predicted molar refractivity (Wildman–Crippen MR) is 56.2 cm³/mol. The molecule has 0 aromatic rings. The SMILES string of the molecule is CC(C)C(=O)N1CCN(C2CC2)C(=O)C1. The molecule has 1 aliphatic carbocycles. The van der Waals surface area contributed by atoms with E-state index in [-0.39, 0.29) is 24.3 Å². The first-order valence-electron chi connectivity index (χ1n) is 5.68. The fraction of sp³-hybridized carbons (Fsp3) is 0.818. The van der Waals surface area contributed by atoms with E-state index < -0.39 is 0 Å². The molecule has 0 spiro atoms. The van der Waals surface area contributed by atoms with E-state index in [1.54, 1.807) is 4.90 Å². The summed E-state index contributed by atoms with van der Waals surface area (Å²) < 4.78 is 0. The van der Waals surface area contributed by atoms with E-state index in [1.807, 2.05) is 18.7 Å². The number of hydrogen-bond acceptors (Lipinski definition) is 2. The molecule has 0 radical (unpaired) electrons. The summed E-state index contributed by atoms with van der Waals surface area (Å²) in [6, 6.07) is 0.480. The Balaban J connectivity index is 1.93. The Morgan fingerprint density at radius 1 is 1.33 bits per heavy atom. The molecule has 1 heterocycles. The molecule has 4 nitrogen and oxygen atoms in total. The highest BCUT2D eigenvalue weighted by atomic mass is 16.2. The third kappa shape index (κ3) is 2.13. The second-order valence-electron chi connectivity index (χ2n) is 4.73. The quantitative estimate of drug-likeness (QED) is 0.665. The molecule has 0 aromatic heterocycles. The van der Waals surface area contributed by atoms with Crippen LogP contribution in [-0.2, 0) is 9.59 Å². The van der Waals surface area contributed by atoms with Crippen molar-refractivity contribution in [3.05, 3.63) is 0 Å². The molecule has 2 fully saturated rings. The highest BCUT2D eigenvalue weighted by Gasteiger charge is 2.36. The van der Waals surface area contributed by atoms with Gasteiger partial charge in [0.15, 0.2) is 0 Å². The van der Waals surface area contributed by atoms with Crippen LogP contribution < -0.4 is 0 Å². The van der Waals surface area contributed by atoms with Gasteiger partial charge in [0, 0.05) is 25.0 Å². The largest absolute Gasteiger partial charge is 0.336 e. The minimum atomic E-state index is -0.00900. The molecule has 2 aliphatic rings. The Morgan fingerprint density at radius 3 is 2.47 bits per heavy atom. The zero-order valence-electron chi connectivity index (χ0n) is 9.40. The molecule has 0 atom stereocenters. The maximum Gasteiger partial charge on any atom is 0.242 e. The third-order valence-electron chi connectivity index (χ3n) is 3.05. The number of rotatable bonds is 2. The molecule has 0 bridgehead atoms. The lowest BCUT2D eigenvalue weighted by molar-refractivity contribution is -0.147. The van der Waals surface area contributed by atoms with Crippen LogP contribution in [0.25, 0.3) is 0 Å². The Kier molecular flexibility index (Phi) is 2.67. The number of nitrogens with zero attached hydrogens (tertiary/aromatic N) is 2. The van der Waals surface area contributed by atoms with Crippen LogP contribution in [0.4, 0.5) is 0 Å². The molecule has 4 heteroatoms. The number of carbonyl (C=O) groups excluding carboxylic acids is 2. The highest BCUT2D eigenvalue weighted by molar-refractivity contribution is 5.87. The van der Waals surface area contributed by atoms with E-state index in [0.717, 1.165) is 19.4 Å². The molecule has 84 valence electrons. The van der Waals surface area contributed by atoms with Crippen molar-refractivity contribution in [2.45, 2.75) is 32.7 Å². The Bertz CT molecular complexity index is 284. The lowest BCUT2D eigenvalue weighted by Crippen LogP contribution is -2.53. The topological polar surface area (TPSA) is 40.6 Å². The fourth-order valence-corrected chi connectivity index (χ4v) is 2.01. The van der Waals surface area contributed by atoms with E-state index in [9.17, 15) is 9.59 Å². The zero-order chi connectivity index (χ0) is 11.0. The van der Waals surface area contributed by atoms with Gasteiger partial charge in [-0.1, -0.05) is 13.8 Å². The van der Waals surface area contributed by atoms with Crippen molar-refractivity contribution in [2.24, 2.45) is 5.92 Å². The van der Waals surface area contributed by atoms with Gasteiger partial charge in [-0.3, -0.25) is 9.59 Å². The van der Waals surface area contributed by atoms with Crippen molar-refractivity contribution >= 4 is 11.8 Å². The summed E-state index contributed by atoms with van der Waals surface area (Å²) in [7, 11) is 0. The second kappa shape index (κ2) is 3.83. The molecule has 0 aromatic carbocycles. The van der Waals surface area contributed by atoms with Gasteiger partial charge in [-0.15, -0.1) is 0 Å². The van der Waals surface area contributed by atoms with Gasteiger partial charge in [-0.25, -0.2) is 0 Å². The second-order valence-corrected chi connectivity index (χ2v) is 4.73. The van der Waals surface area contributed by atoms with Gasteiger partial charge in [0.05, 0.1) is 6.54 Å². The molecule has 0 N–H and O–H groups in total. The van der Waals surface area contributed by atoms with E-state index in [0.29, 0.717) is 12.6 Å². The molecule has 15 heavy (non-hydrogen) atoms. The van der Waals surface area contributed by atoms with Crippen molar-refractivity contribution in [1.82, 2.24) is 9.80 Å². The lowest BCUT2D eigenvalue weighted by Gasteiger charge is -2.35. The average molecular weight is 210 g/mol. The third-order valence-corrected chi connectivity index (χ3v) is 3.05. The summed E-state index contributed by atoms with van der Waals surface area (Å²) in [5, 5.41) is 0. The average Bonchev–Trinajstić information content (AvgIpc) is 3.00. The summed E-state index contributed by atoms with van der Waals surface area (Å²) in [5.41, 5.74) is 0. The van der Waals surface area contributed by atoms with Gasteiger partial charge in [0.25, 0.3) is 0 Å². The summed E-state index contributed by atoms with van der Waals surface area (Å²) in [6.07, 6.45) is 2.29. The Hall–Kier alpha value is -1.06. The van der Waals surface area contributed by atoms with Crippen molar-refractivity contribution in [2.75, 3.05) is 19.6 Å². The number of piperazine rings is 1. The minimum absolute atomic E-state index is 0.00900. The summed E-state index contributed by atoms with van der Waals surface area (Å²) in [4.78, 5) is 27.1. The van der Waals surface area contributed by atoms with Crippen molar-refractivity contribution in [3.63, 3.8) is 0 Å². The van der Waals surface area contributed by atoms with Crippen LogP contribution in [0.3, 0.4) is 0 Å². The standard InChI is InChI=1S/C11H18N2O2/c1-8(2)11(15)12-5-6-13(9-3-4-9)10(14)7-12/h8-9H,3-7H2,1-2H3. The first-order chi connectivity index (χ1) is 7.09. The van der Waals surface area contributed by atoms with Crippen LogP contribution in [0.2, 0.25) is 0 Å². The maximum absolute atomic E-state index is 11.7. The first kappa shape index (κ1) is 10.5. The smallest absolute Gasteiger partial charge is 0.242 e. The summed E-state index contributed by atoms with van der Waals surface area (Å²) in [5.74, 6) is 0.210. The maximum atomic E-state index is 11.7. The lowest BCUT2D eigenvalue weighted by atomic mass is 10.1. The van der Waals surface area contributed by atoms with Gasteiger partial charge < -0.3 is 9.80 Å². The number of amides is 2.